The lowest BCUT2D eigenvalue weighted by Gasteiger charge is -2.31. The fraction of sp³-hybridized carbons (Fsp3) is 0.944. The molecule has 0 heterocycles. The molecule has 0 aliphatic rings. The number of unbranched alkanes of at least 4 members (excludes halogenated alkanes) is 7. The number of ketones is 1. The highest BCUT2D eigenvalue weighted by atomic mass is 16.1. The molecule has 0 aliphatic carbocycles. The van der Waals surface area contributed by atoms with Gasteiger partial charge in [-0.1, -0.05) is 66.2 Å². The van der Waals surface area contributed by atoms with Crippen molar-refractivity contribution in [2.24, 2.45) is 5.41 Å². The highest BCUT2D eigenvalue weighted by Crippen LogP contribution is 2.17. The number of likely N-dealkylation sites (N-methyl/N-ethyl adjacent to an activating group) is 1. The average molecular weight is 285 g/mol. The fourth-order valence-electron chi connectivity index (χ4n) is 2.38. The van der Waals surface area contributed by atoms with Gasteiger partial charge in [-0.3, -0.25) is 4.79 Å². The van der Waals surface area contributed by atoms with Gasteiger partial charge in [-0.2, -0.15) is 0 Å². The second-order valence-electron chi connectivity index (χ2n) is 7.97. The summed E-state index contributed by atoms with van der Waals surface area (Å²) in [4.78, 5) is 12.1. The number of quaternary nitrogens is 1. The molecule has 2 heteroatoms. The fourth-order valence-corrected chi connectivity index (χ4v) is 2.38. The van der Waals surface area contributed by atoms with Gasteiger partial charge in [0.15, 0.2) is 5.78 Å². The zero-order valence-electron chi connectivity index (χ0n) is 14.9. The molecule has 0 saturated carbocycles. The number of carbonyl (C=O) groups is 1. The number of rotatable bonds is 11. The van der Waals surface area contributed by atoms with E-state index in [2.05, 4.69) is 21.0 Å². The highest BCUT2D eigenvalue weighted by molar-refractivity contribution is 5.84. The summed E-state index contributed by atoms with van der Waals surface area (Å²) in [5.41, 5.74) is -0.200. The van der Waals surface area contributed by atoms with E-state index in [1.165, 1.54) is 51.4 Å². The molecule has 0 aromatic carbocycles. The van der Waals surface area contributed by atoms with E-state index in [4.69, 9.17) is 0 Å². The van der Waals surface area contributed by atoms with Crippen molar-refractivity contribution < 1.29 is 9.28 Å². The number of nitrogens with zero attached hydrogens (tertiary/aromatic N) is 1. The van der Waals surface area contributed by atoms with Crippen LogP contribution in [-0.2, 0) is 4.79 Å². The third-order valence-corrected chi connectivity index (χ3v) is 4.03. The van der Waals surface area contributed by atoms with E-state index < -0.39 is 0 Å². The van der Waals surface area contributed by atoms with Gasteiger partial charge in [0.05, 0.1) is 20.6 Å². The largest absolute Gasteiger partial charge is 0.322 e. The van der Waals surface area contributed by atoms with Gasteiger partial charge in [-0.05, 0) is 12.8 Å². The lowest BCUT2D eigenvalue weighted by Crippen LogP contribution is -2.47. The van der Waals surface area contributed by atoms with Crippen LogP contribution in [0.5, 0.6) is 0 Å². The second kappa shape index (κ2) is 9.55. The van der Waals surface area contributed by atoms with E-state index in [0.29, 0.717) is 12.3 Å². The summed E-state index contributed by atoms with van der Waals surface area (Å²) < 4.78 is 0.839. The first-order valence-electron chi connectivity index (χ1n) is 8.54. The van der Waals surface area contributed by atoms with Crippen LogP contribution in [0.25, 0.3) is 0 Å². The topological polar surface area (TPSA) is 17.1 Å². The molecule has 20 heavy (non-hydrogen) atoms. The molecule has 0 amide bonds. The van der Waals surface area contributed by atoms with Crippen molar-refractivity contribution in [2.45, 2.75) is 79.1 Å². The molecular formula is C18H38NO+. The Hall–Kier alpha value is -0.370. The van der Waals surface area contributed by atoms with Crippen molar-refractivity contribution in [2.75, 3.05) is 27.2 Å². The average Bonchev–Trinajstić information content (AvgIpc) is 2.30. The summed E-state index contributed by atoms with van der Waals surface area (Å²) >= 11 is 0. The maximum Gasteiger partial charge on any atom is 0.192 e. The monoisotopic (exact) mass is 284 g/mol. The van der Waals surface area contributed by atoms with Crippen LogP contribution in [0.2, 0.25) is 0 Å². The molecule has 0 rings (SSSR count). The number of carbonyl (C=O) groups excluding carboxylic acids is 1. The van der Waals surface area contributed by atoms with Crippen LogP contribution in [0.3, 0.4) is 0 Å². The molecule has 0 bridgehead atoms. The van der Waals surface area contributed by atoms with E-state index in [0.717, 1.165) is 11.0 Å². The van der Waals surface area contributed by atoms with Gasteiger partial charge in [-0.15, -0.1) is 0 Å². The zero-order chi connectivity index (χ0) is 15.6. The van der Waals surface area contributed by atoms with Crippen molar-refractivity contribution in [3.8, 4) is 0 Å². The third kappa shape index (κ3) is 10.4. The Labute approximate surface area is 127 Å². The van der Waals surface area contributed by atoms with Crippen molar-refractivity contribution in [1.29, 1.82) is 0 Å². The van der Waals surface area contributed by atoms with Gasteiger partial charge in [0.25, 0.3) is 0 Å². The van der Waals surface area contributed by atoms with Crippen molar-refractivity contribution in [3.63, 3.8) is 0 Å². The van der Waals surface area contributed by atoms with Gasteiger partial charge >= 0.3 is 0 Å². The SMILES string of the molecule is CCCCCCCCCC[N+](C)(C)CC(=O)C(C)(C)C. The summed E-state index contributed by atoms with van der Waals surface area (Å²) in [6.07, 6.45) is 10.8. The first-order chi connectivity index (χ1) is 9.19. The molecule has 0 unspecified atom stereocenters. The standard InChI is InChI=1S/C18H38NO/c1-7-8-9-10-11-12-13-14-15-19(5,6)16-17(20)18(2,3)4/h7-16H2,1-6H3/q+1. The lowest BCUT2D eigenvalue weighted by molar-refractivity contribution is -0.882. The number of Topliss-reactive ketones (excluding diaryl/α,β-unsaturated/α-hetero) is 1. The number of hydrogen-bond acceptors (Lipinski definition) is 1. The van der Waals surface area contributed by atoms with E-state index >= 15 is 0 Å². The van der Waals surface area contributed by atoms with Gasteiger partial charge in [0.2, 0.25) is 0 Å². The molecular weight excluding hydrogens is 246 g/mol. The van der Waals surface area contributed by atoms with Gasteiger partial charge in [-0.25, -0.2) is 0 Å². The normalized spacial score (nSPS) is 12.7. The van der Waals surface area contributed by atoms with Crippen LogP contribution in [-0.4, -0.2) is 37.5 Å². The van der Waals surface area contributed by atoms with Crippen LogP contribution in [0.15, 0.2) is 0 Å². The molecule has 0 fully saturated rings. The van der Waals surface area contributed by atoms with Crippen molar-refractivity contribution >= 4 is 5.78 Å². The first-order valence-corrected chi connectivity index (χ1v) is 8.54. The summed E-state index contributed by atoms with van der Waals surface area (Å²) in [5, 5.41) is 0. The molecule has 0 spiro atoms. The van der Waals surface area contributed by atoms with Gasteiger partial charge < -0.3 is 4.48 Å². The Kier molecular flexibility index (Phi) is 9.37. The van der Waals surface area contributed by atoms with Gasteiger partial charge in [0, 0.05) is 5.41 Å². The summed E-state index contributed by atoms with van der Waals surface area (Å²) in [5.74, 6) is 0.377. The van der Waals surface area contributed by atoms with E-state index in [1.54, 1.807) is 0 Å². The molecule has 120 valence electrons. The number of hydrogen-bond donors (Lipinski definition) is 0. The van der Waals surface area contributed by atoms with E-state index in [1.807, 2.05) is 20.8 Å². The molecule has 0 aromatic heterocycles. The smallest absolute Gasteiger partial charge is 0.192 e. The summed E-state index contributed by atoms with van der Waals surface area (Å²) in [6, 6.07) is 0. The van der Waals surface area contributed by atoms with E-state index in [9.17, 15) is 4.79 Å². The minimum atomic E-state index is -0.200. The molecule has 2 nitrogen and oxygen atoms in total. The first kappa shape index (κ1) is 19.6. The zero-order valence-corrected chi connectivity index (χ0v) is 14.9. The minimum absolute atomic E-state index is 0.200. The molecule has 0 saturated heterocycles. The third-order valence-electron chi connectivity index (χ3n) is 4.03. The minimum Gasteiger partial charge on any atom is -0.322 e. The Morgan fingerprint density at radius 3 is 1.75 bits per heavy atom. The van der Waals surface area contributed by atoms with Crippen LogP contribution in [0.1, 0.15) is 79.1 Å². The van der Waals surface area contributed by atoms with Gasteiger partial charge in [0.1, 0.15) is 6.54 Å². The molecule has 0 radical (unpaired) electrons. The Bertz CT molecular complexity index is 263. The molecule has 0 aliphatic heterocycles. The molecule has 0 aromatic rings. The Morgan fingerprint density at radius 1 is 0.850 bits per heavy atom. The van der Waals surface area contributed by atoms with E-state index in [-0.39, 0.29) is 5.41 Å². The molecule has 0 atom stereocenters. The summed E-state index contributed by atoms with van der Waals surface area (Å²) in [7, 11) is 4.37. The summed E-state index contributed by atoms with van der Waals surface area (Å²) in [6.45, 7) is 10.1. The van der Waals surface area contributed by atoms with Crippen LogP contribution in [0, 0.1) is 5.41 Å². The predicted octanol–water partition coefficient (Wildman–Crippen LogP) is 4.82. The maximum atomic E-state index is 12.1. The van der Waals surface area contributed by atoms with Crippen molar-refractivity contribution in [1.82, 2.24) is 0 Å². The molecule has 0 N–H and O–H groups in total. The van der Waals surface area contributed by atoms with Crippen LogP contribution in [0.4, 0.5) is 0 Å². The maximum absolute atomic E-state index is 12.1. The Morgan fingerprint density at radius 2 is 1.30 bits per heavy atom. The quantitative estimate of drug-likeness (QED) is 0.393. The second-order valence-corrected chi connectivity index (χ2v) is 7.97. The lowest BCUT2D eigenvalue weighted by atomic mass is 9.90. The van der Waals surface area contributed by atoms with Crippen LogP contribution >= 0.6 is 0 Å². The Balaban J connectivity index is 3.70. The van der Waals surface area contributed by atoms with Crippen LogP contribution < -0.4 is 0 Å². The predicted molar refractivity (Wildman–Crippen MR) is 88.9 cm³/mol. The van der Waals surface area contributed by atoms with Crippen molar-refractivity contribution in [3.05, 3.63) is 0 Å². The highest BCUT2D eigenvalue weighted by Gasteiger charge is 2.28.